The number of nitrogens with two attached hydrogens (primary N) is 1. The highest BCUT2D eigenvalue weighted by Crippen LogP contribution is 2.01. The molecule has 10 heavy (non-hydrogen) atoms. The van der Waals surface area contributed by atoms with Crippen LogP contribution in [0, 0.1) is 0 Å². The fourth-order valence-electron chi connectivity index (χ4n) is 0.430. The van der Waals surface area contributed by atoms with Gasteiger partial charge in [-0.15, -0.1) is 0 Å². The van der Waals surface area contributed by atoms with Crippen molar-refractivity contribution < 1.29 is 9.84 Å². The quantitative estimate of drug-likeness (QED) is 0.530. The molecule has 0 aromatic carbocycles. The summed E-state index contributed by atoms with van der Waals surface area (Å²) in [7, 11) is 1.67. The van der Waals surface area contributed by atoms with Crippen LogP contribution in [-0.2, 0) is 4.74 Å². The molecule has 0 aliphatic carbocycles. The molecule has 0 aromatic rings. The summed E-state index contributed by atoms with van der Waals surface area (Å²) in [4.78, 5) is 0. The SMILES string of the molecule is COCCSC[C@@H](O)CN. The summed E-state index contributed by atoms with van der Waals surface area (Å²) in [6, 6.07) is 0. The zero-order valence-electron chi connectivity index (χ0n) is 6.25. The molecule has 0 saturated heterocycles. The lowest BCUT2D eigenvalue weighted by Gasteiger charge is -2.05. The molecule has 1 atom stereocenters. The van der Waals surface area contributed by atoms with Gasteiger partial charge in [-0.25, -0.2) is 0 Å². The first-order chi connectivity index (χ1) is 4.81. The van der Waals surface area contributed by atoms with Crippen LogP contribution in [0.15, 0.2) is 0 Å². The minimum Gasteiger partial charge on any atom is -0.391 e. The third kappa shape index (κ3) is 6.35. The van der Waals surface area contributed by atoms with Crippen LogP contribution in [0.4, 0.5) is 0 Å². The molecule has 0 unspecified atom stereocenters. The van der Waals surface area contributed by atoms with E-state index in [2.05, 4.69) is 0 Å². The molecule has 0 heterocycles. The number of ether oxygens (including phenoxy) is 1. The van der Waals surface area contributed by atoms with Gasteiger partial charge in [0.2, 0.25) is 0 Å². The van der Waals surface area contributed by atoms with Crippen LogP contribution in [0.3, 0.4) is 0 Å². The zero-order chi connectivity index (χ0) is 7.82. The van der Waals surface area contributed by atoms with Crippen molar-refractivity contribution in [1.82, 2.24) is 0 Å². The molecule has 3 nitrogen and oxygen atoms in total. The Balaban J connectivity index is 2.89. The summed E-state index contributed by atoms with van der Waals surface area (Å²) in [6.45, 7) is 1.09. The third-order valence-electron chi connectivity index (χ3n) is 1.01. The van der Waals surface area contributed by atoms with Gasteiger partial charge in [-0.2, -0.15) is 11.8 Å². The molecule has 0 radical (unpaired) electrons. The largest absolute Gasteiger partial charge is 0.391 e. The second kappa shape index (κ2) is 7.34. The smallest absolute Gasteiger partial charge is 0.0752 e. The summed E-state index contributed by atoms with van der Waals surface area (Å²) in [6.07, 6.45) is -0.359. The monoisotopic (exact) mass is 165 g/mol. The number of hydrogen-bond acceptors (Lipinski definition) is 4. The summed E-state index contributed by atoms with van der Waals surface area (Å²) < 4.78 is 4.82. The Morgan fingerprint density at radius 3 is 2.90 bits per heavy atom. The lowest BCUT2D eigenvalue weighted by molar-refractivity contribution is 0.206. The number of aliphatic hydroxyl groups excluding tert-OH is 1. The predicted molar refractivity (Wildman–Crippen MR) is 44.3 cm³/mol. The van der Waals surface area contributed by atoms with Gasteiger partial charge in [-0.1, -0.05) is 0 Å². The molecule has 0 saturated carbocycles. The van der Waals surface area contributed by atoms with Gasteiger partial charge in [-0.3, -0.25) is 0 Å². The zero-order valence-corrected chi connectivity index (χ0v) is 7.06. The first kappa shape index (κ1) is 10.2. The molecule has 0 bridgehead atoms. The van der Waals surface area contributed by atoms with E-state index in [0.29, 0.717) is 12.3 Å². The van der Waals surface area contributed by atoms with Crippen molar-refractivity contribution in [3.8, 4) is 0 Å². The van der Waals surface area contributed by atoms with Gasteiger partial charge in [0.15, 0.2) is 0 Å². The molecular weight excluding hydrogens is 150 g/mol. The van der Waals surface area contributed by atoms with Crippen LogP contribution in [0.1, 0.15) is 0 Å². The van der Waals surface area contributed by atoms with Gasteiger partial charge in [0, 0.05) is 25.2 Å². The maximum absolute atomic E-state index is 8.97. The van der Waals surface area contributed by atoms with Crippen LogP contribution < -0.4 is 5.73 Å². The van der Waals surface area contributed by atoms with Gasteiger partial charge in [0.05, 0.1) is 12.7 Å². The second-order valence-electron chi connectivity index (χ2n) is 1.96. The van der Waals surface area contributed by atoms with Crippen molar-refractivity contribution in [2.24, 2.45) is 5.73 Å². The van der Waals surface area contributed by atoms with Crippen LogP contribution in [-0.4, -0.2) is 43.0 Å². The van der Waals surface area contributed by atoms with E-state index in [1.54, 1.807) is 18.9 Å². The van der Waals surface area contributed by atoms with Crippen molar-refractivity contribution in [2.75, 3.05) is 31.8 Å². The van der Waals surface area contributed by atoms with Crippen LogP contribution in [0.5, 0.6) is 0 Å². The Morgan fingerprint density at radius 1 is 1.70 bits per heavy atom. The van der Waals surface area contributed by atoms with E-state index >= 15 is 0 Å². The van der Waals surface area contributed by atoms with Crippen molar-refractivity contribution in [3.05, 3.63) is 0 Å². The topological polar surface area (TPSA) is 55.5 Å². The maximum Gasteiger partial charge on any atom is 0.0752 e. The van der Waals surface area contributed by atoms with Gasteiger partial charge in [0.1, 0.15) is 0 Å². The van der Waals surface area contributed by atoms with E-state index in [-0.39, 0.29) is 6.10 Å². The fraction of sp³-hybridized carbons (Fsp3) is 1.00. The molecule has 3 N–H and O–H groups in total. The molecule has 0 aliphatic rings. The average Bonchev–Trinajstić information content (AvgIpc) is 1.98. The molecule has 0 fully saturated rings. The van der Waals surface area contributed by atoms with E-state index in [1.165, 1.54) is 0 Å². The molecular formula is C6H15NO2S. The number of hydrogen-bond donors (Lipinski definition) is 2. The summed E-state index contributed by atoms with van der Waals surface area (Å²) >= 11 is 1.66. The highest BCUT2D eigenvalue weighted by atomic mass is 32.2. The number of thioether (sulfide) groups is 1. The molecule has 0 aliphatic heterocycles. The number of rotatable bonds is 6. The summed E-state index contributed by atoms with van der Waals surface area (Å²) in [5.41, 5.74) is 5.19. The summed E-state index contributed by atoms with van der Waals surface area (Å²) in [5, 5.41) is 8.97. The molecule has 4 heteroatoms. The highest BCUT2D eigenvalue weighted by molar-refractivity contribution is 7.99. The van der Waals surface area contributed by atoms with E-state index in [9.17, 15) is 0 Å². The van der Waals surface area contributed by atoms with E-state index in [0.717, 1.165) is 12.4 Å². The first-order valence-electron chi connectivity index (χ1n) is 3.26. The molecule has 0 spiro atoms. The average molecular weight is 165 g/mol. The fourth-order valence-corrected chi connectivity index (χ4v) is 1.29. The minimum absolute atomic E-state index is 0.347. The van der Waals surface area contributed by atoms with Crippen molar-refractivity contribution in [3.63, 3.8) is 0 Å². The van der Waals surface area contributed by atoms with E-state index < -0.39 is 0 Å². The first-order valence-corrected chi connectivity index (χ1v) is 4.41. The Kier molecular flexibility index (Phi) is 7.51. The lowest BCUT2D eigenvalue weighted by Crippen LogP contribution is -2.22. The van der Waals surface area contributed by atoms with Crippen LogP contribution >= 0.6 is 11.8 Å². The van der Waals surface area contributed by atoms with Crippen molar-refractivity contribution in [1.29, 1.82) is 0 Å². The van der Waals surface area contributed by atoms with Crippen LogP contribution in [0.25, 0.3) is 0 Å². The van der Waals surface area contributed by atoms with Gasteiger partial charge >= 0.3 is 0 Å². The second-order valence-corrected chi connectivity index (χ2v) is 3.11. The van der Waals surface area contributed by atoms with E-state index in [4.69, 9.17) is 15.6 Å². The van der Waals surface area contributed by atoms with Crippen molar-refractivity contribution in [2.45, 2.75) is 6.10 Å². The Morgan fingerprint density at radius 2 is 2.40 bits per heavy atom. The number of aliphatic hydroxyl groups is 1. The standard InChI is InChI=1S/C6H15NO2S/c1-9-2-3-10-5-6(8)4-7/h6,8H,2-5,7H2,1H3/t6-/m0/s1. The molecule has 0 amide bonds. The molecule has 0 rings (SSSR count). The van der Waals surface area contributed by atoms with Gasteiger partial charge in [-0.05, 0) is 0 Å². The number of methoxy groups -OCH3 is 1. The third-order valence-corrected chi connectivity index (χ3v) is 2.09. The van der Waals surface area contributed by atoms with Crippen LogP contribution in [0.2, 0.25) is 0 Å². The van der Waals surface area contributed by atoms with Crippen molar-refractivity contribution >= 4 is 11.8 Å². The highest BCUT2D eigenvalue weighted by Gasteiger charge is 1.98. The predicted octanol–water partition coefficient (Wildman–Crippen LogP) is -0.314. The lowest BCUT2D eigenvalue weighted by atomic mass is 10.4. The normalized spacial score (nSPS) is 13.5. The molecule has 62 valence electrons. The Bertz CT molecular complexity index is 72.8. The molecule has 0 aromatic heterocycles. The van der Waals surface area contributed by atoms with Gasteiger partial charge < -0.3 is 15.6 Å². The summed E-state index contributed by atoms with van der Waals surface area (Å²) in [5.74, 6) is 1.63. The Hall–Kier alpha value is 0.230. The minimum atomic E-state index is -0.359. The maximum atomic E-state index is 8.97. The van der Waals surface area contributed by atoms with Gasteiger partial charge in [0.25, 0.3) is 0 Å². The van der Waals surface area contributed by atoms with E-state index in [1.807, 2.05) is 0 Å². The Labute approximate surface area is 65.9 Å².